The normalized spacial score (nSPS) is 21.5. The maximum Gasteiger partial charge on any atom is 0.212 e. The van der Waals surface area contributed by atoms with Crippen LogP contribution in [-0.4, -0.2) is 26.6 Å². The highest BCUT2D eigenvalue weighted by molar-refractivity contribution is 7.89. The number of sulfonamides is 1. The average Bonchev–Trinajstić information content (AvgIpc) is 2.17. The topological polar surface area (TPSA) is 46.2 Å². The van der Waals surface area contributed by atoms with E-state index in [0.717, 1.165) is 12.8 Å². The molecule has 0 spiro atoms. The van der Waals surface area contributed by atoms with Gasteiger partial charge < -0.3 is 0 Å². The monoisotopic (exact) mass is 253 g/mol. The van der Waals surface area contributed by atoms with Crippen molar-refractivity contribution >= 4 is 21.6 Å². The Morgan fingerprint density at radius 3 is 2.40 bits per heavy atom. The van der Waals surface area contributed by atoms with E-state index in [1.165, 1.54) is 19.3 Å². The Labute approximate surface area is 97.6 Å². The fraction of sp³-hybridized carbons (Fsp3) is 1.00. The van der Waals surface area contributed by atoms with Crippen LogP contribution in [-0.2, 0) is 10.0 Å². The van der Waals surface area contributed by atoms with Crippen molar-refractivity contribution in [2.75, 3.05) is 18.2 Å². The number of rotatable bonds is 5. The summed E-state index contributed by atoms with van der Waals surface area (Å²) in [6, 6.07) is 0. The summed E-state index contributed by atoms with van der Waals surface area (Å²) in [5.74, 6) is 0.177. The molecule has 3 nitrogen and oxygen atoms in total. The molecule has 0 aliphatic heterocycles. The quantitative estimate of drug-likeness (QED) is 0.763. The molecular formula is C10H20ClNO2S. The molecule has 15 heavy (non-hydrogen) atoms. The van der Waals surface area contributed by atoms with Crippen molar-refractivity contribution in [3.8, 4) is 0 Å². The van der Waals surface area contributed by atoms with E-state index in [-0.39, 0.29) is 17.0 Å². The lowest BCUT2D eigenvalue weighted by molar-refractivity contribution is 0.219. The van der Waals surface area contributed by atoms with Gasteiger partial charge in [0.2, 0.25) is 10.0 Å². The second-order valence-electron chi connectivity index (χ2n) is 4.70. The first-order chi connectivity index (χ1) is 6.97. The smallest absolute Gasteiger partial charge is 0.212 e. The van der Waals surface area contributed by atoms with Crippen LogP contribution in [0.1, 0.15) is 39.0 Å². The van der Waals surface area contributed by atoms with Crippen molar-refractivity contribution in [1.29, 1.82) is 0 Å². The highest BCUT2D eigenvalue weighted by Crippen LogP contribution is 2.34. The van der Waals surface area contributed by atoms with Crippen LogP contribution in [0.4, 0.5) is 0 Å². The highest BCUT2D eigenvalue weighted by atomic mass is 35.5. The van der Waals surface area contributed by atoms with E-state index in [1.807, 2.05) is 0 Å². The molecule has 0 amide bonds. The lowest BCUT2D eigenvalue weighted by atomic mass is 9.76. The van der Waals surface area contributed by atoms with Gasteiger partial charge in [-0.05, 0) is 18.3 Å². The van der Waals surface area contributed by atoms with Gasteiger partial charge in [0.25, 0.3) is 0 Å². The summed E-state index contributed by atoms with van der Waals surface area (Å²) in [6.07, 6.45) is 5.96. The number of nitrogens with one attached hydrogen (secondary N) is 1. The highest BCUT2D eigenvalue weighted by Gasteiger charge is 2.27. The van der Waals surface area contributed by atoms with Crippen molar-refractivity contribution < 1.29 is 8.42 Å². The van der Waals surface area contributed by atoms with Crippen molar-refractivity contribution in [2.24, 2.45) is 5.41 Å². The van der Waals surface area contributed by atoms with Gasteiger partial charge >= 0.3 is 0 Å². The summed E-state index contributed by atoms with van der Waals surface area (Å²) in [7, 11) is -3.15. The lowest BCUT2D eigenvalue weighted by Crippen LogP contribution is -2.38. The third kappa shape index (κ3) is 4.70. The Balaban J connectivity index is 2.41. The number of halogens is 1. The summed E-state index contributed by atoms with van der Waals surface area (Å²) in [5, 5.41) is 0. The van der Waals surface area contributed by atoms with E-state index in [0.29, 0.717) is 6.54 Å². The van der Waals surface area contributed by atoms with E-state index in [9.17, 15) is 8.42 Å². The molecule has 0 radical (unpaired) electrons. The third-order valence-corrected chi connectivity index (χ3v) is 4.86. The molecule has 0 aromatic carbocycles. The Hall–Kier alpha value is 0.200. The van der Waals surface area contributed by atoms with Crippen LogP contribution in [0.3, 0.4) is 0 Å². The molecule has 0 saturated heterocycles. The standard InChI is InChI=1S/C10H20ClNO2S/c1-10(5-3-2-4-6-10)9-12-15(13,14)8-7-11/h12H,2-9H2,1H3. The number of alkyl halides is 1. The average molecular weight is 254 g/mol. The van der Waals surface area contributed by atoms with E-state index >= 15 is 0 Å². The molecule has 1 N–H and O–H groups in total. The van der Waals surface area contributed by atoms with Crippen LogP contribution in [0.5, 0.6) is 0 Å². The number of hydrogen-bond donors (Lipinski definition) is 1. The fourth-order valence-corrected chi connectivity index (χ4v) is 3.57. The van der Waals surface area contributed by atoms with Gasteiger partial charge in [-0.2, -0.15) is 0 Å². The van der Waals surface area contributed by atoms with Crippen molar-refractivity contribution in [1.82, 2.24) is 4.72 Å². The maximum atomic E-state index is 11.4. The minimum Gasteiger partial charge on any atom is -0.215 e. The molecular weight excluding hydrogens is 234 g/mol. The number of hydrogen-bond acceptors (Lipinski definition) is 2. The van der Waals surface area contributed by atoms with Gasteiger partial charge in [0.15, 0.2) is 0 Å². The molecule has 0 aromatic heterocycles. The van der Waals surface area contributed by atoms with E-state index in [4.69, 9.17) is 11.6 Å². The predicted octanol–water partition coefficient (Wildman–Crippen LogP) is 2.12. The summed E-state index contributed by atoms with van der Waals surface area (Å²) in [6.45, 7) is 2.72. The minimum absolute atomic E-state index is 0.0185. The molecule has 90 valence electrons. The summed E-state index contributed by atoms with van der Waals surface area (Å²) in [5.41, 5.74) is 0.150. The Morgan fingerprint density at radius 2 is 1.87 bits per heavy atom. The maximum absolute atomic E-state index is 11.4. The molecule has 1 aliphatic carbocycles. The van der Waals surface area contributed by atoms with Gasteiger partial charge in [-0.1, -0.05) is 26.2 Å². The van der Waals surface area contributed by atoms with E-state index < -0.39 is 10.0 Å². The molecule has 1 rings (SSSR count). The molecule has 0 atom stereocenters. The molecule has 5 heteroatoms. The molecule has 1 fully saturated rings. The first-order valence-corrected chi connectivity index (χ1v) is 7.69. The van der Waals surface area contributed by atoms with E-state index in [1.54, 1.807) is 0 Å². The van der Waals surface area contributed by atoms with Crippen molar-refractivity contribution in [2.45, 2.75) is 39.0 Å². The zero-order valence-corrected chi connectivity index (χ0v) is 10.8. The van der Waals surface area contributed by atoms with Gasteiger partial charge in [0, 0.05) is 12.4 Å². The van der Waals surface area contributed by atoms with Crippen LogP contribution in [0.15, 0.2) is 0 Å². The Bertz CT molecular complexity index is 284. The fourth-order valence-electron chi connectivity index (χ4n) is 2.04. The van der Waals surface area contributed by atoms with Crippen LogP contribution in [0.2, 0.25) is 0 Å². The molecule has 1 saturated carbocycles. The molecule has 0 unspecified atom stereocenters. The molecule has 0 bridgehead atoms. The minimum atomic E-state index is -3.15. The van der Waals surface area contributed by atoms with Gasteiger partial charge in [-0.25, -0.2) is 13.1 Å². The third-order valence-electron chi connectivity index (χ3n) is 3.13. The largest absolute Gasteiger partial charge is 0.215 e. The Morgan fingerprint density at radius 1 is 1.27 bits per heavy atom. The van der Waals surface area contributed by atoms with Crippen molar-refractivity contribution in [3.05, 3.63) is 0 Å². The first-order valence-electron chi connectivity index (χ1n) is 5.51. The lowest BCUT2D eigenvalue weighted by Gasteiger charge is -2.33. The van der Waals surface area contributed by atoms with Crippen LogP contribution >= 0.6 is 11.6 Å². The van der Waals surface area contributed by atoms with Crippen LogP contribution in [0.25, 0.3) is 0 Å². The zero-order chi connectivity index (χ0) is 11.4. The summed E-state index contributed by atoms with van der Waals surface area (Å²) >= 11 is 5.42. The Kier molecular flexibility index (Phi) is 4.87. The van der Waals surface area contributed by atoms with Gasteiger partial charge in [0.05, 0.1) is 5.75 Å². The second-order valence-corrected chi connectivity index (χ2v) is 7.00. The zero-order valence-electron chi connectivity index (χ0n) is 9.26. The molecule has 1 aliphatic rings. The molecule has 0 heterocycles. The van der Waals surface area contributed by atoms with Crippen LogP contribution < -0.4 is 4.72 Å². The SMILES string of the molecule is CC1(CNS(=O)(=O)CCCl)CCCCC1. The predicted molar refractivity (Wildman–Crippen MR) is 63.7 cm³/mol. The van der Waals surface area contributed by atoms with E-state index in [2.05, 4.69) is 11.6 Å². The van der Waals surface area contributed by atoms with Gasteiger partial charge in [0.1, 0.15) is 0 Å². The van der Waals surface area contributed by atoms with Crippen LogP contribution in [0, 0.1) is 5.41 Å². The second kappa shape index (κ2) is 5.51. The van der Waals surface area contributed by atoms with Crippen molar-refractivity contribution in [3.63, 3.8) is 0 Å². The molecule has 0 aromatic rings. The summed E-state index contributed by atoms with van der Waals surface area (Å²) < 4.78 is 25.5. The first kappa shape index (κ1) is 13.3. The summed E-state index contributed by atoms with van der Waals surface area (Å²) in [4.78, 5) is 0. The van der Waals surface area contributed by atoms with Gasteiger partial charge in [-0.15, -0.1) is 11.6 Å². The van der Waals surface area contributed by atoms with Gasteiger partial charge in [-0.3, -0.25) is 0 Å².